The third-order valence-electron chi connectivity index (χ3n) is 4.73. The molecule has 1 nitrogen and oxygen atoms in total. The van der Waals surface area contributed by atoms with Gasteiger partial charge >= 0.3 is 0 Å². The fourth-order valence-electron chi connectivity index (χ4n) is 3.51. The zero-order chi connectivity index (χ0) is 12.8. The first kappa shape index (κ1) is 12.5. The maximum Gasteiger partial charge on any atom is 0.122 e. The molecule has 1 aromatic carbocycles. The van der Waals surface area contributed by atoms with E-state index in [0.717, 1.165) is 24.7 Å². The Labute approximate surface area is 118 Å². The molecule has 1 aromatic rings. The van der Waals surface area contributed by atoms with Gasteiger partial charge in [-0.3, -0.25) is 0 Å². The minimum absolute atomic E-state index is 0.462. The predicted octanol–water partition coefficient (Wildman–Crippen LogP) is 4.88. The van der Waals surface area contributed by atoms with Crippen LogP contribution < -0.4 is 4.74 Å². The molecule has 0 aromatic heterocycles. The highest BCUT2D eigenvalue weighted by Gasteiger charge is 2.39. The van der Waals surface area contributed by atoms with Crippen LogP contribution in [0.25, 0.3) is 0 Å². The summed E-state index contributed by atoms with van der Waals surface area (Å²) in [7, 11) is 0. The standard InChI is InChI=1S/C16H21BrO/c1-16(2)8-3-4-13(16)15(17)12-5-6-14-11(10-12)7-9-18-14/h5-6,10,13,15H,3-4,7-9H2,1-2H3. The van der Waals surface area contributed by atoms with E-state index in [1.807, 2.05) is 0 Å². The Kier molecular flexibility index (Phi) is 3.17. The highest BCUT2D eigenvalue weighted by molar-refractivity contribution is 9.09. The largest absolute Gasteiger partial charge is 0.493 e. The van der Waals surface area contributed by atoms with E-state index in [0.29, 0.717) is 10.2 Å². The average Bonchev–Trinajstić information content (AvgIpc) is 2.92. The second-order valence-electron chi connectivity index (χ2n) is 6.35. The highest BCUT2D eigenvalue weighted by atomic mass is 79.9. The SMILES string of the molecule is CC1(C)CCCC1C(Br)c1ccc2c(c1)CCO2. The van der Waals surface area contributed by atoms with Gasteiger partial charge < -0.3 is 4.74 Å². The summed E-state index contributed by atoms with van der Waals surface area (Å²) in [5.74, 6) is 1.84. The molecule has 1 aliphatic carbocycles. The molecule has 2 unspecified atom stereocenters. The van der Waals surface area contributed by atoms with E-state index >= 15 is 0 Å². The van der Waals surface area contributed by atoms with Crippen LogP contribution in [0.3, 0.4) is 0 Å². The van der Waals surface area contributed by atoms with E-state index in [9.17, 15) is 0 Å². The third kappa shape index (κ3) is 2.09. The van der Waals surface area contributed by atoms with E-state index in [1.165, 1.54) is 30.4 Å². The van der Waals surface area contributed by atoms with Gasteiger partial charge in [-0.05, 0) is 41.4 Å². The van der Waals surface area contributed by atoms with Crippen molar-refractivity contribution in [3.05, 3.63) is 29.3 Å². The van der Waals surface area contributed by atoms with Crippen LogP contribution in [0.2, 0.25) is 0 Å². The Bertz CT molecular complexity index is 452. The van der Waals surface area contributed by atoms with Crippen molar-refractivity contribution >= 4 is 15.9 Å². The minimum Gasteiger partial charge on any atom is -0.493 e. The van der Waals surface area contributed by atoms with Gasteiger partial charge in [-0.15, -0.1) is 0 Å². The Morgan fingerprint density at radius 2 is 2.22 bits per heavy atom. The van der Waals surface area contributed by atoms with Crippen LogP contribution in [0.5, 0.6) is 5.75 Å². The molecular weight excluding hydrogens is 288 g/mol. The summed E-state index contributed by atoms with van der Waals surface area (Å²) in [4.78, 5) is 0.487. The molecule has 2 atom stereocenters. The van der Waals surface area contributed by atoms with E-state index < -0.39 is 0 Å². The summed E-state index contributed by atoms with van der Waals surface area (Å²) in [6.45, 7) is 5.67. The van der Waals surface area contributed by atoms with E-state index in [4.69, 9.17) is 4.74 Å². The number of benzene rings is 1. The zero-order valence-corrected chi connectivity index (χ0v) is 12.8. The molecule has 0 amide bonds. The van der Waals surface area contributed by atoms with Gasteiger partial charge in [0.15, 0.2) is 0 Å². The van der Waals surface area contributed by atoms with E-state index in [2.05, 4.69) is 48.0 Å². The number of ether oxygens (including phenoxy) is 1. The maximum absolute atomic E-state index is 5.58. The van der Waals surface area contributed by atoms with E-state index in [-0.39, 0.29) is 0 Å². The van der Waals surface area contributed by atoms with Crippen molar-refractivity contribution in [3.8, 4) is 5.75 Å². The van der Waals surface area contributed by atoms with Crippen molar-refractivity contribution in [1.82, 2.24) is 0 Å². The zero-order valence-electron chi connectivity index (χ0n) is 11.2. The molecule has 2 aliphatic rings. The summed E-state index contributed by atoms with van der Waals surface area (Å²) in [6.07, 6.45) is 5.13. The van der Waals surface area contributed by atoms with Gasteiger partial charge in [-0.25, -0.2) is 0 Å². The molecule has 1 heterocycles. The lowest BCUT2D eigenvalue weighted by Gasteiger charge is -2.31. The van der Waals surface area contributed by atoms with Gasteiger partial charge in [-0.1, -0.05) is 48.3 Å². The first-order valence-electron chi connectivity index (χ1n) is 6.98. The molecule has 1 saturated carbocycles. The number of halogens is 1. The third-order valence-corrected chi connectivity index (χ3v) is 5.89. The van der Waals surface area contributed by atoms with Crippen LogP contribution >= 0.6 is 15.9 Å². The van der Waals surface area contributed by atoms with Crippen LogP contribution in [0.15, 0.2) is 18.2 Å². The summed E-state index contributed by atoms with van der Waals surface area (Å²) < 4.78 is 5.58. The molecule has 1 aliphatic heterocycles. The van der Waals surface area contributed by atoms with E-state index in [1.54, 1.807) is 0 Å². The Hall–Kier alpha value is -0.500. The van der Waals surface area contributed by atoms with Gasteiger partial charge in [0.2, 0.25) is 0 Å². The average molecular weight is 309 g/mol. The van der Waals surface area contributed by atoms with Gasteiger partial charge in [0.05, 0.1) is 6.61 Å². The van der Waals surface area contributed by atoms with Crippen molar-refractivity contribution in [2.75, 3.05) is 6.61 Å². The normalized spacial score (nSPS) is 26.7. The number of fused-ring (bicyclic) bond motifs is 1. The molecule has 0 bridgehead atoms. The molecule has 2 heteroatoms. The van der Waals surface area contributed by atoms with Crippen LogP contribution in [0.1, 0.15) is 49.1 Å². The number of alkyl halides is 1. The van der Waals surface area contributed by atoms with Crippen molar-refractivity contribution in [2.24, 2.45) is 11.3 Å². The first-order chi connectivity index (χ1) is 8.58. The van der Waals surface area contributed by atoms with Crippen molar-refractivity contribution in [1.29, 1.82) is 0 Å². The quantitative estimate of drug-likeness (QED) is 0.707. The van der Waals surface area contributed by atoms with Gasteiger partial charge in [0.1, 0.15) is 5.75 Å². The lowest BCUT2D eigenvalue weighted by Crippen LogP contribution is -2.21. The Balaban J connectivity index is 1.86. The van der Waals surface area contributed by atoms with Crippen LogP contribution in [-0.2, 0) is 6.42 Å². The molecule has 1 fully saturated rings. The molecular formula is C16H21BrO. The van der Waals surface area contributed by atoms with Crippen molar-refractivity contribution in [2.45, 2.75) is 44.4 Å². The van der Waals surface area contributed by atoms with Crippen molar-refractivity contribution in [3.63, 3.8) is 0 Å². The minimum atomic E-state index is 0.462. The predicted molar refractivity (Wildman–Crippen MR) is 78.4 cm³/mol. The molecule has 0 saturated heterocycles. The fraction of sp³-hybridized carbons (Fsp3) is 0.625. The number of hydrogen-bond donors (Lipinski definition) is 0. The fourth-order valence-corrected chi connectivity index (χ4v) is 4.77. The van der Waals surface area contributed by atoms with Crippen LogP contribution in [0.4, 0.5) is 0 Å². The molecule has 98 valence electrons. The smallest absolute Gasteiger partial charge is 0.122 e. The molecule has 0 radical (unpaired) electrons. The number of rotatable bonds is 2. The first-order valence-corrected chi connectivity index (χ1v) is 7.89. The molecule has 0 N–H and O–H groups in total. The summed E-state index contributed by atoms with van der Waals surface area (Å²) >= 11 is 3.96. The second-order valence-corrected chi connectivity index (χ2v) is 7.34. The molecule has 3 rings (SSSR count). The van der Waals surface area contributed by atoms with Gasteiger partial charge in [-0.2, -0.15) is 0 Å². The Morgan fingerprint density at radius 3 is 2.94 bits per heavy atom. The van der Waals surface area contributed by atoms with Gasteiger partial charge in [0.25, 0.3) is 0 Å². The lowest BCUT2D eigenvalue weighted by molar-refractivity contribution is 0.257. The monoisotopic (exact) mass is 308 g/mol. The number of hydrogen-bond acceptors (Lipinski definition) is 1. The van der Waals surface area contributed by atoms with Gasteiger partial charge in [0, 0.05) is 11.2 Å². The lowest BCUT2D eigenvalue weighted by atomic mass is 9.78. The highest BCUT2D eigenvalue weighted by Crippen LogP contribution is 2.52. The maximum atomic E-state index is 5.58. The second kappa shape index (κ2) is 4.56. The summed E-state index contributed by atoms with van der Waals surface area (Å²) in [5, 5.41) is 0. The Morgan fingerprint density at radius 1 is 1.39 bits per heavy atom. The topological polar surface area (TPSA) is 9.23 Å². The molecule has 18 heavy (non-hydrogen) atoms. The molecule has 0 spiro atoms. The van der Waals surface area contributed by atoms with Crippen molar-refractivity contribution < 1.29 is 4.74 Å². The van der Waals surface area contributed by atoms with Crippen LogP contribution in [-0.4, -0.2) is 6.61 Å². The van der Waals surface area contributed by atoms with Crippen LogP contribution in [0, 0.1) is 11.3 Å². The summed E-state index contributed by atoms with van der Waals surface area (Å²) in [6, 6.07) is 6.72. The summed E-state index contributed by atoms with van der Waals surface area (Å²) in [5.41, 5.74) is 3.27.